The molecular formula is C16H16ClNOS2. The van der Waals surface area contributed by atoms with Crippen molar-refractivity contribution in [3.63, 3.8) is 0 Å². The summed E-state index contributed by atoms with van der Waals surface area (Å²) in [5, 5.41) is 3.47. The largest absolute Gasteiger partial charge is 0.325 e. The predicted octanol–water partition coefficient (Wildman–Crippen LogP) is 5.18. The standard InChI is InChI=1S/C16H16ClNOS2/c1-11(21-14-8-6-12(17)7-9-14)16(19)18-13-4-3-5-15(10-13)20-2/h3-11H,1-2H3,(H,18,19)/t11-/m1/s1. The molecule has 110 valence electrons. The number of carbonyl (C=O) groups is 1. The normalized spacial score (nSPS) is 12.0. The van der Waals surface area contributed by atoms with Crippen molar-refractivity contribution in [2.45, 2.75) is 22.0 Å². The Morgan fingerprint density at radius 1 is 1.14 bits per heavy atom. The lowest BCUT2D eigenvalue weighted by Gasteiger charge is -2.12. The Hall–Kier alpha value is -1.10. The fourth-order valence-corrected chi connectivity index (χ4v) is 3.17. The molecule has 0 fully saturated rings. The zero-order valence-electron chi connectivity index (χ0n) is 11.8. The summed E-state index contributed by atoms with van der Waals surface area (Å²) in [6.07, 6.45) is 2.01. The number of benzene rings is 2. The molecule has 0 saturated heterocycles. The monoisotopic (exact) mass is 337 g/mol. The molecule has 0 heterocycles. The molecule has 5 heteroatoms. The number of hydrogen-bond donors (Lipinski definition) is 1. The number of nitrogens with one attached hydrogen (secondary N) is 1. The van der Waals surface area contributed by atoms with Gasteiger partial charge in [0.25, 0.3) is 0 Å². The number of carbonyl (C=O) groups excluding carboxylic acids is 1. The molecule has 0 unspecified atom stereocenters. The molecule has 0 spiro atoms. The molecule has 0 aliphatic heterocycles. The van der Waals surface area contributed by atoms with E-state index in [1.165, 1.54) is 11.8 Å². The van der Waals surface area contributed by atoms with E-state index in [9.17, 15) is 4.79 Å². The lowest BCUT2D eigenvalue weighted by Crippen LogP contribution is -2.22. The van der Waals surface area contributed by atoms with E-state index in [1.54, 1.807) is 11.8 Å². The first-order valence-corrected chi connectivity index (χ1v) is 8.94. The Morgan fingerprint density at radius 2 is 1.86 bits per heavy atom. The lowest BCUT2D eigenvalue weighted by molar-refractivity contribution is -0.115. The fourth-order valence-electron chi connectivity index (χ4n) is 1.72. The van der Waals surface area contributed by atoms with Crippen LogP contribution in [0.3, 0.4) is 0 Å². The van der Waals surface area contributed by atoms with Crippen LogP contribution in [0.25, 0.3) is 0 Å². The molecule has 2 aromatic rings. The van der Waals surface area contributed by atoms with Crippen LogP contribution in [-0.2, 0) is 4.79 Å². The zero-order chi connectivity index (χ0) is 15.2. The van der Waals surface area contributed by atoms with Crippen molar-refractivity contribution in [2.24, 2.45) is 0 Å². The minimum Gasteiger partial charge on any atom is -0.325 e. The fraction of sp³-hybridized carbons (Fsp3) is 0.188. The summed E-state index contributed by atoms with van der Waals surface area (Å²) in [7, 11) is 0. The van der Waals surface area contributed by atoms with E-state index in [-0.39, 0.29) is 11.2 Å². The van der Waals surface area contributed by atoms with Crippen LogP contribution in [-0.4, -0.2) is 17.4 Å². The van der Waals surface area contributed by atoms with Crippen LogP contribution in [0.2, 0.25) is 5.02 Å². The first-order chi connectivity index (χ1) is 10.1. The highest BCUT2D eigenvalue weighted by Gasteiger charge is 2.14. The van der Waals surface area contributed by atoms with Crippen LogP contribution in [0.5, 0.6) is 0 Å². The van der Waals surface area contributed by atoms with Crippen LogP contribution < -0.4 is 5.32 Å². The molecule has 0 aliphatic rings. The molecule has 1 amide bonds. The molecule has 2 aromatic carbocycles. The number of rotatable bonds is 5. The SMILES string of the molecule is CSc1cccc(NC(=O)[C@@H](C)Sc2ccc(Cl)cc2)c1. The van der Waals surface area contributed by atoms with E-state index in [4.69, 9.17) is 11.6 Å². The van der Waals surface area contributed by atoms with Gasteiger partial charge in [0.1, 0.15) is 0 Å². The van der Waals surface area contributed by atoms with Crippen molar-refractivity contribution in [3.8, 4) is 0 Å². The second-order valence-corrected chi connectivity index (χ2v) is 7.17. The van der Waals surface area contributed by atoms with Crippen molar-refractivity contribution < 1.29 is 4.79 Å². The van der Waals surface area contributed by atoms with E-state index in [0.29, 0.717) is 5.02 Å². The quantitative estimate of drug-likeness (QED) is 0.762. The Balaban J connectivity index is 1.97. The first-order valence-electron chi connectivity index (χ1n) is 6.45. The van der Waals surface area contributed by atoms with E-state index in [1.807, 2.05) is 61.7 Å². The zero-order valence-corrected chi connectivity index (χ0v) is 14.2. The summed E-state index contributed by atoms with van der Waals surface area (Å²) < 4.78 is 0. The Kier molecular flexibility index (Phi) is 6.03. The summed E-state index contributed by atoms with van der Waals surface area (Å²) in [6.45, 7) is 1.90. The second-order valence-electron chi connectivity index (χ2n) is 4.44. The van der Waals surface area contributed by atoms with Crippen molar-refractivity contribution in [1.82, 2.24) is 0 Å². The summed E-state index contributed by atoms with van der Waals surface area (Å²) in [5.74, 6) is -0.00629. The summed E-state index contributed by atoms with van der Waals surface area (Å²) in [5.41, 5.74) is 0.829. The summed E-state index contributed by atoms with van der Waals surface area (Å²) in [4.78, 5) is 14.4. The molecule has 2 nitrogen and oxygen atoms in total. The topological polar surface area (TPSA) is 29.1 Å². The minimum absolute atomic E-state index is 0.00629. The Labute approximate surface area is 138 Å². The van der Waals surface area contributed by atoms with E-state index in [0.717, 1.165) is 15.5 Å². The van der Waals surface area contributed by atoms with Gasteiger partial charge in [-0.25, -0.2) is 0 Å². The maximum atomic E-state index is 12.2. The molecule has 0 radical (unpaired) electrons. The van der Waals surface area contributed by atoms with Crippen LogP contribution in [0.15, 0.2) is 58.3 Å². The minimum atomic E-state index is -0.177. The second kappa shape index (κ2) is 7.78. The highest BCUT2D eigenvalue weighted by atomic mass is 35.5. The van der Waals surface area contributed by atoms with Gasteiger partial charge in [0.05, 0.1) is 5.25 Å². The maximum absolute atomic E-state index is 12.2. The molecule has 1 atom stereocenters. The molecular weight excluding hydrogens is 322 g/mol. The van der Waals surface area contributed by atoms with Crippen molar-refractivity contribution in [2.75, 3.05) is 11.6 Å². The van der Waals surface area contributed by atoms with Crippen LogP contribution >= 0.6 is 35.1 Å². The number of halogens is 1. The lowest BCUT2D eigenvalue weighted by atomic mass is 10.3. The Morgan fingerprint density at radius 3 is 2.52 bits per heavy atom. The van der Waals surface area contributed by atoms with Crippen LogP contribution in [0, 0.1) is 0 Å². The molecule has 0 saturated carbocycles. The third-order valence-corrected chi connectivity index (χ3v) is 4.92. The van der Waals surface area contributed by atoms with Gasteiger partial charge in [-0.1, -0.05) is 17.7 Å². The van der Waals surface area contributed by atoms with Gasteiger partial charge in [0.2, 0.25) is 5.91 Å². The number of thioether (sulfide) groups is 2. The van der Waals surface area contributed by atoms with E-state index < -0.39 is 0 Å². The molecule has 0 aromatic heterocycles. The first kappa shape index (κ1) is 16.3. The van der Waals surface area contributed by atoms with Gasteiger partial charge in [0, 0.05) is 20.5 Å². The van der Waals surface area contributed by atoms with Gasteiger partial charge in [-0.15, -0.1) is 23.5 Å². The average molecular weight is 338 g/mol. The van der Waals surface area contributed by atoms with Crippen molar-refractivity contribution in [3.05, 3.63) is 53.6 Å². The number of hydrogen-bond acceptors (Lipinski definition) is 3. The third kappa shape index (κ3) is 4.99. The molecule has 1 N–H and O–H groups in total. The van der Waals surface area contributed by atoms with Gasteiger partial charge >= 0.3 is 0 Å². The van der Waals surface area contributed by atoms with E-state index in [2.05, 4.69) is 5.32 Å². The molecule has 21 heavy (non-hydrogen) atoms. The van der Waals surface area contributed by atoms with Gasteiger partial charge in [-0.2, -0.15) is 0 Å². The summed E-state index contributed by atoms with van der Waals surface area (Å²) in [6, 6.07) is 15.3. The molecule has 0 aliphatic carbocycles. The number of amides is 1. The Bertz CT molecular complexity index is 616. The molecule has 2 rings (SSSR count). The smallest absolute Gasteiger partial charge is 0.237 e. The maximum Gasteiger partial charge on any atom is 0.237 e. The van der Waals surface area contributed by atoms with E-state index >= 15 is 0 Å². The van der Waals surface area contributed by atoms with Crippen LogP contribution in [0.1, 0.15) is 6.92 Å². The summed E-state index contributed by atoms with van der Waals surface area (Å²) >= 11 is 9.02. The molecule has 0 bridgehead atoms. The van der Waals surface area contributed by atoms with Crippen molar-refractivity contribution in [1.29, 1.82) is 0 Å². The van der Waals surface area contributed by atoms with Gasteiger partial charge < -0.3 is 5.32 Å². The van der Waals surface area contributed by atoms with Crippen molar-refractivity contribution >= 4 is 46.7 Å². The van der Waals surface area contributed by atoms with Crippen LogP contribution in [0.4, 0.5) is 5.69 Å². The highest BCUT2D eigenvalue weighted by Crippen LogP contribution is 2.26. The van der Waals surface area contributed by atoms with Gasteiger partial charge in [-0.3, -0.25) is 4.79 Å². The predicted molar refractivity (Wildman–Crippen MR) is 93.6 cm³/mol. The third-order valence-electron chi connectivity index (χ3n) is 2.83. The average Bonchev–Trinajstić information content (AvgIpc) is 2.49. The number of anilines is 1. The van der Waals surface area contributed by atoms with Gasteiger partial charge in [0.15, 0.2) is 0 Å². The van der Waals surface area contributed by atoms with Gasteiger partial charge in [-0.05, 0) is 55.6 Å². The highest BCUT2D eigenvalue weighted by molar-refractivity contribution is 8.00.